The van der Waals surface area contributed by atoms with Crippen LogP contribution in [0.5, 0.6) is 5.75 Å². The fraction of sp³-hybridized carbons (Fsp3) is 0.333. The molecular formula is C21H24N2O3. The van der Waals surface area contributed by atoms with E-state index in [1.807, 2.05) is 55.5 Å². The van der Waals surface area contributed by atoms with Crippen molar-refractivity contribution in [3.8, 4) is 5.75 Å². The van der Waals surface area contributed by atoms with Gasteiger partial charge in [0.25, 0.3) is 0 Å². The minimum Gasteiger partial charge on any atom is -0.494 e. The van der Waals surface area contributed by atoms with Crippen molar-refractivity contribution in [2.75, 3.05) is 23.4 Å². The van der Waals surface area contributed by atoms with Gasteiger partial charge in [0.2, 0.25) is 11.8 Å². The van der Waals surface area contributed by atoms with Crippen LogP contribution < -0.4 is 15.0 Å². The van der Waals surface area contributed by atoms with E-state index in [2.05, 4.69) is 12.2 Å². The molecule has 0 aromatic heterocycles. The topological polar surface area (TPSA) is 58.6 Å². The Kier molecular flexibility index (Phi) is 5.56. The van der Waals surface area contributed by atoms with E-state index in [1.54, 1.807) is 4.90 Å². The molecule has 1 heterocycles. The number of benzene rings is 2. The molecule has 0 bridgehead atoms. The van der Waals surface area contributed by atoms with Gasteiger partial charge in [0, 0.05) is 24.3 Å². The van der Waals surface area contributed by atoms with Crippen molar-refractivity contribution in [3.63, 3.8) is 0 Å². The van der Waals surface area contributed by atoms with Crippen LogP contribution in [0.15, 0.2) is 48.5 Å². The zero-order valence-corrected chi connectivity index (χ0v) is 15.2. The number of nitrogens with zero attached hydrogens (tertiary/aromatic N) is 1. The second kappa shape index (κ2) is 8.04. The van der Waals surface area contributed by atoms with Crippen LogP contribution in [0.1, 0.15) is 25.8 Å². The third kappa shape index (κ3) is 4.04. The van der Waals surface area contributed by atoms with E-state index in [4.69, 9.17) is 4.74 Å². The summed E-state index contributed by atoms with van der Waals surface area (Å²) in [5.41, 5.74) is 2.78. The van der Waals surface area contributed by atoms with Gasteiger partial charge in [-0.2, -0.15) is 0 Å². The summed E-state index contributed by atoms with van der Waals surface area (Å²) in [7, 11) is 0. The average Bonchev–Trinajstić information content (AvgIpc) is 3.05. The van der Waals surface area contributed by atoms with Gasteiger partial charge in [-0.15, -0.1) is 0 Å². The summed E-state index contributed by atoms with van der Waals surface area (Å²) >= 11 is 0. The smallest absolute Gasteiger partial charge is 0.229 e. The van der Waals surface area contributed by atoms with Gasteiger partial charge in [-0.1, -0.05) is 19.1 Å². The first-order chi connectivity index (χ1) is 12.6. The van der Waals surface area contributed by atoms with E-state index in [0.717, 1.165) is 23.5 Å². The fourth-order valence-corrected chi connectivity index (χ4v) is 3.09. The summed E-state index contributed by atoms with van der Waals surface area (Å²) in [6.45, 7) is 5.01. The van der Waals surface area contributed by atoms with Crippen LogP contribution in [0.25, 0.3) is 0 Å². The van der Waals surface area contributed by atoms with E-state index in [0.29, 0.717) is 13.2 Å². The van der Waals surface area contributed by atoms with E-state index in [9.17, 15) is 9.59 Å². The molecule has 0 spiro atoms. The number of hydrogen-bond donors (Lipinski definition) is 1. The molecule has 1 aliphatic rings. The predicted molar refractivity (Wildman–Crippen MR) is 103 cm³/mol. The molecule has 0 radical (unpaired) electrons. The average molecular weight is 352 g/mol. The molecule has 1 N–H and O–H groups in total. The Bertz CT molecular complexity index is 769. The van der Waals surface area contributed by atoms with Crippen molar-refractivity contribution < 1.29 is 14.3 Å². The van der Waals surface area contributed by atoms with Crippen LogP contribution in [0.4, 0.5) is 11.4 Å². The molecule has 2 amide bonds. The van der Waals surface area contributed by atoms with Gasteiger partial charge in [0.15, 0.2) is 0 Å². The second-order valence-corrected chi connectivity index (χ2v) is 6.37. The molecule has 5 nitrogen and oxygen atoms in total. The molecule has 0 saturated carbocycles. The number of nitrogens with one attached hydrogen (secondary N) is 1. The summed E-state index contributed by atoms with van der Waals surface area (Å²) in [6.07, 6.45) is 1.19. The minimum atomic E-state index is -0.347. The first kappa shape index (κ1) is 18.0. The number of anilines is 2. The van der Waals surface area contributed by atoms with E-state index in [-0.39, 0.29) is 24.2 Å². The van der Waals surface area contributed by atoms with Crippen LogP contribution in [0.2, 0.25) is 0 Å². The van der Waals surface area contributed by atoms with Gasteiger partial charge in [-0.3, -0.25) is 9.59 Å². The molecule has 3 rings (SSSR count). The number of amides is 2. The summed E-state index contributed by atoms with van der Waals surface area (Å²) < 4.78 is 5.42. The second-order valence-electron chi connectivity index (χ2n) is 6.37. The Balaban J connectivity index is 1.63. The lowest BCUT2D eigenvalue weighted by Crippen LogP contribution is -2.28. The highest BCUT2D eigenvalue weighted by Crippen LogP contribution is 2.27. The third-order valence-electron chi connectivity index (χ3n) is 4.58. The molecule has 136 valence electrons. The quantitative estimate of drug-likeness (QED) is 0.863. The van der Waals surface area contributed by atoms with Gasteiger partial charge in [0.1, 0.15) is 5.75 Å². The highest BCUT2D eigenvalue weighted by molar-refractivity contribution is 6.03. The SMILES string of the molecule is CCOc1ccc(N2C[C@H](C(=O)Nc3ccc(CC)cc3)CC2=O)cc1. The van der Waals surface area contributed by atoms with Crippen LogP contribution in [-0.2, 0) is 16.0 Å². The largest absolute Gasteiger partial charge is 0.494 e. The lowest BCUT2D eigenvalue weighted by molar-refractivity contribution is -0.122. The first-order valence-corrected chi connectivity index (χ1v) is 9.03. The summed E-state index contributed by atoms with van der Waals surface area (Å²) in [5.74, 6) is 0.277. The van der Waals surface area contributed by atoms with Crippen LogP contribution >= 0.6 is 0 Å². The maximum atomic E-state index is 12.5. The molecule has 2 aromatic carbocycles. The molecule has 0 unspecified atom stereocenters. The summed E-state index contributed by atoms with van der Waals surface area (Å²) in [5, 5.41) is 2.92. The fourth-order valence-electron chi connectivity index (χ4n) is 3.09. The van der Waals surface area contributed by atoms with Crippen molar-refractivity contribution in [1.82, 2.24) is 0 Å². The highest BCUT2D eigenvalue weighted by atomic mass is 16.5. The normalized spacial score (nSPS) is 16.6. The molecule has 1 fully saturated rings. The number of hydrogen-bond acceptors (Lipinski definition) is 3. The molecule has 1 saturated heterocycles. The minimum absolute atomic E-state index is 0.0318. The first-order valence-electron chi connectivity index (χ1n) is 9.03. The molecular weight excluding hydrogens is 328 g/mol. The summed E-state index contributed by atoms with van der Waals surface area (Å²) in [4.78, 5) is 26.5. The lowest BCUT2D eigenvalue weighted by Gasteiger charge is -2.17. The molecule has 2 aromatic rings. The maximum Gasteiger partial charge on any atom is 0.229 e. The van der Waals surface area contributed by atoms with Gasteiger partial charge in [-0.05, 0) is 55.3 Å². The number of rotatable bonds is 6. The van der Waals surface area contributed by atoms with E-state index in [1.165, 1.54) is 5.56 Å². The Morgan fingerprint density at radius 2 is 1.81 bits per heavy atom. The Morgan fingerprint density at radius 3 is 2.42 bits per heavy atom. The van der Waals surface area contributed by atoms with Crippen LogP contribution in [0.3, 0.4) is 0 Å². The summed E-state index contributed by atoms with van der Waals surface area (Å²) in [6, 6.07) is 15.2. The molecule has 0 aliphatic carbocycles. The van der Waals surface area contributed by atoms with Crippen molar-refractivity contribution >= 4 is 23.2 Å². The van der Waals surface area contributed by atoms with E-state index >= 15 is 0 Å². The monoisotopic (exact) mass is 352 g/mol. The number of carbonyl (C=O) groups is 2. The zero-order chi connectivity index (χ0) is 18.5. The van der Waals surface area contributed by atoms with Crippen molar-refractivity contribution in [2.45, 2.75) is 26.7 Å². The number of aryl methyl sites for hydroxylation is 1. The lowest BCUT2D eigenvalue weighted by atomic mass is 10.1. The molecule has 26 heavy (non-hydrogen) atoms. The zero-order valence-electron chi connectivity index (χ0n) is 15.2. The van der Waals surface area contributed by atoms with Gasteiger partial charge in [-0.25, -0.2) is 0 Å². The highest BCUT2D eigenvalue weighted by Gasteiger charge is 2.35. The van der Waals surface area contributed by atoms with Gasteiger partial charge >= 0.3 is 0 Å². The molecule has 1 aliphatic heterocycles. The number of ether oxygens (including phenoxy) is 1. The van der Waals surface area contributed by atoms with Crippen molar-refractivity contribution in [1.29, 1.82) is 0 Å². The molecule has 1 atom stereocenters. The maximum absolute atomic E-state index is 12.5. The number of carbonyl (C=O) groups excluding carboxylic acids is 2. The van der Waals surface area contributed by atoms with Crippen LogP contribution in [-0.4, -0.2) is 25.0 Å². The van der Waals surface area contributed by atoms with Crippen molar-refractivity contribution in [2.24, 2.45) is 5.92 Å². The molecule has 5 heteroatoms. The van der Waals surface area contributed by atoms with Gasteiger partial charge in [0.05, 0.1) is 12.5 Å². The predicted octanol–water partition coefficient (Wildman–Crippen LogP) is 3.64. The third-order valence-corrected chi connectivity index (χ3v) is 4.58. The Hall–Kier alpha value is -2.82. The van der Waals surface area contributed by atoms with E-state index < -0.39 is 0 Å². The Morgan fingerprint density at radius 1 is 1.12 bits per heavy atom. The van der Waals surface area contributed by atoms with Gasteiger partial charge < -0.3 is 15.0 Å². The standard InChI is InChI=1S/C21H24N2O3/c1-3-15-5-7-17(8-6-15)22-21(25)16-13-20(24)23(14-16)18-9-11-19(12-10-18)26-4-2/h5-12,16H,3-4,13-14H2,1-2H3,(H,22,25)/t16-/m1/s1. The Labute approximate surface area is 154 Å². The van der Waals surface area contributed by atoms with Crippen molar-refractivity contribution in [3.05, 3.63) is 54.1 Å². The van der Waals surface area contributed by atoms with Crippen LogP contribution in [0, 0.1) is 5.92 Å².